The number of carbonyl (C=O) groups is 1. The Labute approximate surface area is 133 Å². The van der Waals surface area contributed by atoms with Crippen molar-refractivity contribution in [1.82, 2.24) is 9.88 Å². The Balaban J connectivity index is 1.79. The maximum absolute atomic E-state index is 13.8. The summed E-state index contributed by atoms with van der Waals surface area (Å²) < 4.78 is 27.7. The molecule has 0 saturated heterocycles. The van der Waals surface area contributed by atoms with Gasteiger partial charge >= 0.3 is 6.03 Å². The predicted molar refractivity (Wildman–Crippen MR) is 82.9 cm³/mol. The predicted octanol–water partition coefficient (Wildman–Crippen LogP) is 3.86. The van der Waals surface area contributed by atoms with Gasteiger partial charge in [0.05, 0.1) is 6.54 Å². The van der Waals surface area contributed by atoms with Crippen molar-refractivity contribution in [2.45, 2.75) is 32.4 Å². The number of aromatic nitrogens is 1. The summed E-state index contributed by atoms with van der Waals surface area (Å²) in [6.45, 7) is 1.75. The highest BCUT2D eigenvalue weighted by Gasteiger charge is 2.33. The molecule has 2 aromatic rings. The zero-order valence-electron chi connectivity index (χ0n) is 12.7. The number of hydrogen-bond donors (Lipinski definition) is 1. The summed E-state index contributed by atoms with van der Waals surface area (Å²) in [5.41, 5.74) is 1.39. The van der Waals surface area contributed by atoms with Crippen LogP contribution in [0.4, 0.5) is 19.3 Å². The number of benzene rings is 1. The quantitative estimate of drug-likeness (QED) is 0.930. The molecule has 6 heteroatoms. The summed E-state index contributed by atoms with van der Waals surface area (Å²) >= 11 is 0. The number of halogens is 2. The molecule has 0 spiro atoms. The standard InChI is InChI=1S/C17H17F2N3O/c1-11-9-20-8-7-16(11)21-17(23)22(12-5-6-12)10-13-14(18)3-2-4-15(13)19/h2-4,7-9,12H,5-6,10H2,1H3,(H,20,21,23). The summed E-state index contributed by atoms with van der Waals surface area (Å²) in [5.74, 6) is -1.27. The SMILES string of the molecule is Cc1cnccc1NC(=O)N(Cc1c(F)cccc1F)C1CC1. The third-order valence-corrected chi connectivity index (χ3v) is 3.90. The minimum absolute atomic E-state index is 0.0242. The van der Waals surface area contributed by atoms with E-state index in [9.17, 15) is 13.6 Å². The third kappa shape index (κ3) is 3.47. The molecule has 1 aliphatic carbocycles. The van der Waals surface area contributed by atoms with Gasteiger partial charge in [-0.05, 0) is 43.5 Å². The van der Waals surface area contributed by atoms with Crippen LogP contribution in [0.15, 0.2) is 36.7 Å². The second kappa shape index (κ2) is 6.32. The van der Waals surface area contributed by atoms with Gasteiger partial charge in [-0.2, -0.15) is 0 Å². The molecule has 1 aromatic carbocycles. The van der Waals surface area contributed by atoms with E-state index >= 15 is 0 Å². The van der Waals surface area contributed by atoms with E-state index in [1.165, 1.54) is 23.1 Å². The van der Waals surface area contributed by atoms with Gasteiger partial charge < -0.3 is 10.2 Å². The number of nitrogens with zero attached hydrogens (tertiary/aromatic N) is 2. The van der Waals surface area contributed by atoms with Crippen LogP contribution in [0.25, 0.3) is 0 Å². The van der Waals surface area contributed by atoms with Gasteiger partial charge in [0.15, 0.2) is 0 Å². The number of amides is 2. The number of carbonyl (C=O) groups excluding carboxylic acids is 1. The molecule has 0 unspecified atom stereocenters. The lowest BCUT2D eigenvalue weighted by Gasteiger charge is -2.24. The second-order valence-corrected chi connectivity index (χ2v) is 5.68. The molecule has 1 saturated carbocycles. The van der Waals surface area contributed by atoms with Crippen molar-refractivity contribution in [3.63, 3.8) is 0 Å². The van der Waals surface area contributed by atoms with Gasteiger partial charge in [-0.25, -0.2) is 13.6 Å². The normalized spacial score (nSPS) is 13.7. The van der Waals surface area contributed by atoms with E-state index in [-0.39, 0.29) is 24.2 Å². The summed E-state index contributed by atoms with van der Waals surface area (Å²) in [4.78, 5) is 18.0. The Kier molecular flexibility index (Phi) is 4.23. The van der Waals surface area contributed by atoms with Crippen molar-refractivity contribution < 1.29 is 13.6 Å². The van der Waals surface area contributed by atoms with E-state index in [4.69, 9.17) is 0 Å². The Bertz CT molecular complexity index is 711. The molecule has 1 aliphatic rings. The average Bonchev–Trinajstić information content (AvgIpc) is 3.34. The minimum atomic E-state index is -0.636. The van der Waals surface area contributed by atoms with Crippen LogP contribution in [0, 0.1) is 18.6 Å². The number of rotatable bonds is 4. The van der Waals surface area contributed by atoms with Crippen LogP contribution in [0.1, 0.15) is 24.0 Å². The molecule has 0 radical (unpaired) electrons. The fraction of sp³-hybridized carbons (Fsp3) is 0.294. The van der Waals surface area contributed by atoms with Crippen LogP contribution in [0.5, 0.6) is 0 Å². The number of urea groups is 1. The first-order valence-electron chi connectivity index (χ1n) is 7.47. The molecule has 3 rings (SSSR count). The van der Waals surface area contributed by atoms with Crippen molar-refractivity contribution in [2.75, 3.05) is 5.32 Å². The molecular formula is C17H17F2N3O. The van der Waals surface area contributed by atoms with Crippen LogP contribution in [0.3, 0.4) is 0 Å². The maximum Gasteiger partial charge on any atom is 0.322 e. The maximum atomic E-state index is 13.8. The summed E-state index contributed by atoms with van der Waals surface area (Å²) in [6.07, 6.45) is 4.92. The highest BCUT2D eigenvalue weighted by atomic mass is 19.1. The van der Waals surface area contributed by atoms with Gasteiger partial charge in [0.1, 0.15) is 11.6 Å². The van der Waals surface area contributed by atoms with Crippen molar-refractivity contribution in [1.29, 1.82) is 0 Å². The number of hydrogen-bond acceptors (Lipinski definition) is 2. The van der Waals surface area contributed by atoms with Crippen molar-refractivity contribution in [3.05, 3.63) is 59.4 Å². The van der Waals surface area contributed by atoms with E-state index in [2.05, 4.69) is 10.3 Å². The first kappa shape index (κ1) is 15.4. The summed E-state index contributed by atoms with van der Waals surface area (Å²) in [7, 11) is 0. The Morgan fingerprint density at radius 1 is 1.30 bits per heavy atom. The molecule has 1 fully saturated rings. The van der Waals surface area contributed by atoms with Crippen LogP contribution in [-0.4, -0.2) is 22.0 Å². The fourth-order valence-electron chi connectivity index (χ4n) is 2.41. The van der Waals surface area contributed by atoms with Gasteiger partial charge in [0, 0.05) is 29.7 Å². The van der Waals surface area contributed by atoms with Crippen LogP contribution in [-0.2, 0) is 6.54 Å². The number of aryl methyl sites for hydroxylation is 1. The average molecular weight is 317 g/mol. The number of anilines is 1. The Morgan fingerprint density at radius 2 is 2.00 bits per heavy atom. The van der Waals surface area contributed by atoms with Gasteiger partial charge in [0.25, 0.3) is 0 Å². The highest BCUT2D eigenvalue weighted by Crippen LogP contribution is 2.30. The number of pyridine rings is 1. The molecular weight excluding hydrogens is 300 g/mol. The van der Waals surface area contributed by atoms with E-state index in [1.807, 2.05) is 6.92 Å². The van der Waals surface area contributed by atoms with Gasteiger partial charge in [-0.1, -0.05) is 6.07 Å². The lowest BCUT2D eigenvalue weighted by molar-refractivity contribution is 0.204. The minimum Gasteiger partial charge on any atom is -0.317 e. The fourth-order valence-corrected chi connectivity index (χ4v) is 2.41. The number of nitrogens with one attached hydrogen (secondary N) is 1. The lowest BCUT2D eigenvalue weighted by Crippen LogP contribution is -2.37. The van der Waals surface area contributed by atoms with Crippen LogP contribution < -0.4 is 5.32 Å². The lowest BCUT2D eigenvalue weighted by atomic mass is 10.2. The zero-order chi connectivity index (χ0) is 16.4. The van der Waals surface area contributed by atoms with E-state index in [0.29, 0.717) is 5.69 Å². The van der Waals surface area contributed by atoms with E-state index in [1.54, 1.807) is 18.5 Å². The van der Waals surface area contributed by atoms with Crippen molar-refractivity contribution in [3.8, 4) is 0 Å². The molecule has 0 bridgehead atoms. The van der Waals surface area contributed by atoms with Crippen LogP contribution in [0.2, 0.25) is 0 Å². The van der Waals surface area contributed by atoms with Crippen molar-refractivity contribution >= 4 is 11.7 Å². The first-order valence-corrected chi connectivity index (χ1v) is 7.47. The molecule has 0 aliphatic heterocycles. The molecule has 1 aromatic heterocycles. The van der Waals surface area contributed by atoms with Crippen LogP contribution >= 0.6 is 0 Å². The van der Waals surface area contributed by atoms with Gasteiger partial charge in [-0.15, -0.1) is 0 Å². The molecule has 0 atom stereocenters. The molecule has 120 valence electrons. The van der Waals surface area contributed by atoms with Crippen molar-refractivity contribution in [2.24, 2.45) is 0 Å². The van der Waals surface area contributed by atoms with E-state index in [0.717, 1.165) is 18.4 Å². The molecule has 1 heterocycles. The molecule has 23 heavy (non-hydrogen) atoms. The van der Waals surface area contributed by atoms with Gasteiger partial charge in [-0.3, -0.25) is 4.98 Å². The molecule has 2 amide bonds. The molecule has 4 nitrogen and oxygen atoms in total. The highest BCUT2D eigenvalue weighted by molar-refractivity contribution is 5.90. The third-order valence-electron chi connectivity index (χ3n) is 3.90. The summed E-state index contributed by atoms with van der Waals surface area (Å²) in [6, 6.07) is 5.08. The van der Waals surface area contributed by atoms with Gasteiger partial charge in [0.2, 0.25) is 0 Å². The largest absolute Gasteiger partial charge is 0.322 e. The van der Waals surface area contributed by atoms with E-state index < -0.39 is 11.6 Å². The monoisotopic (exact) mass is 317 g/mol. The zero-order valence-corrected chi connectivity index (χ0v) is 12.7. The first-order chi connectivity index (χ1) is 11.1. The molecule has 1 N–H and O–H groups in total. The smallest absolute Gasteiger partial charge is 0.317 e. The second-order valence-electron chi connectivity index (χ2n) is 5.68. The Morgan fingerprint density at radius 3 is 2.61 bits per heavy atom. The summed E-state index contributed by atoms with van der Waals surface area (Å²) in [5, 5.41) is 2.79. The Hall–Kier alpha value is -2.50. The topological polar surface area (TPSA) is 45.2 Å².